The highest BCUT2D eigenvalue weighted by Gasteiger charge is 2.14. The number of halogens is 1. The van der Waals surface area contributed by atoms with E-state index in [1.54, 1.807) is 36.4 Å². The summed E-state index contributed by atoms with van der Waals surface area (Å²) in [5, 5.41) is 6.60. The first-order chi connectivity index (χ1) is 14.0. The summed E-state index contributed by atoms with van der Waals surface area (Å²) in [5.41, 5.74) is 3.34. The molecular weight excluding hydrogens is 432 g/mol. The molecule has 1 heterocycles. The van der Waals surface area contributed by atoms with Gasteiger partial charge in [-0.1, -0.05) is 40.2 Å². The van der Waals surface area contributed by atoms with Crippen molar-refractivity contribution >= 4 is 50.1 Å². The number of furan rings is 1. The molecule has 0 aliphatic heterocycles. The fourth-order valence-electron chi connectivity index (χ4n) is 2.99. The highest BCUT2D eigenvalue weighted by molar-refractivity contribution is 9.10. The lowest BCUT2D eigenvalue weighted by atomic mass is 10.1. The van der Waals surface area contributed by atoms with E-state index in [-0.39, 0.29) is 17.6 Å². The molecule has 6 heteroatoms. The van der Waals surface area contributed by atoms with Gasteiger partial charge in [0.05, 0.1) is 0 Å². The third-order valence-corrected chi connectivity index (χ3v) is 4.96. The Hall–Kier alpha value is -3.38. The first kappa shape index (κ1) is 19.0. The van der Waals surface area contributed by atoms with E-state index in [4.69, 9.17) is 4.42 Å². The van der Waals surface area contributed by atoms with E-state index in [1.165, 1.54) is 0 Å². The van der Waals surface area contributed by atoms with E-state index in [0.29, 0.717) is 22.5 Å². The van der Waals surface area contributed by atoms with E-state index in [2.05, 4.69) is 26.6 Å². The summed E-state index contributed by atoms with van der Waals surface area (Å²) in [6, 6.07) is 21.7. The van der Waals surface area contributed by atoms with Gasteiger partial charge in [0.25, 0.3) is 11.8 Å². The largest absolute Gasteiger partial charge is 0.451 e. The molecule has 0 aliphatic rings. The minimum absolute atomic E-state index is 0.204. The molecule has 0 radical (unpaired) electrons. The van der Waals surface area contributed by atoms with Gasteiger partial charge in [-0.2, -0.15) is 0 Å². The van der Waals surface area contributed by atoms with E-state index < -0.39 is 0 Å². The molecule has 2 N–H and O–H groups in total. The second kappa shape index (κ2) is 7.93. The Morgan fingerprint density at radius 1 is 0.862 bits per heavy atom. The van der Waals surface area contributed by atoms with Crippen LogP contribution in [0, 0.1) is 6.92 Å². The number of fused-ring (bicyclic) bond motifs is 1. The van der Waals surface area contributed by atoms with Gasteiger partial charge in [-0.05, 0) is 61.0 Å². The molecular formula is C23H17BrN2O3. The third-order valence-electron chi connectivity index (χ3n) is 4.47. The molecule has 29 heavy (non-hydrogen) atoms. The van der Waals surface area contributed by atoms with Gasteiger partial charge in [-0.25, -0.2) is 0 Å². The highest BCUT2D eigenvalue weighted by Crippen LogP contribution is 2.23. The maximum atomic E-state index is 12.5. The van der Waals surface area contributed by atoms with Gasteiger partial charge in [0.2, 0.25) is 0 Å². The Morgan fingerprint density at radius 2 is 1.69 bits per heavy atom. The number of aryl methyl sites for hydroxylation is 1. The number of carbonyl (C=O) groups is 2. The van der Waals surface area contributed by atoms with Crippen LogP contribution in [0.15, 0.2) is 81.7 Å². The minimum Gasteiger partial charge on any atom is -0.451 e. The van der Waals surface area contributed by atoms with Crippen molar-refractivity contribution in [3.63, 3.8) is 0 Å². The SMILES string of the molecule is Cc1cc(NC(=O)c2cccc(Br)c2)ccc1NC(=O)c1cc2ccccc2o1. The van der Waals surface area contributed by atoms with Gasteiger partial charge in [0.15, 0.2) is 5.76 Å². The second-order valence-electron chi connectivity index (χ2n) is 6.60. The molecule has 0 saturated heterocycles. The van der Waals surface area contributed by atoms with Crippen LogP contribution in [0.1, 0.15) is 26.5 Å². The Bertz CT molecular complexity index is 1200. The van der Waals surface area contributed by atoms with Gasteiger partial charge in [0, 0.05) is 26.8 Å². The molecule has 144 valence electrons. The standard InChI is InChI=1S/C23H17BrN2O3/c1-14-11-18(25-22(27)16-6-4-7-17(24)12-16)9-10-19(14)26-23(28)21-13-15-5-2-3-8-20(15)29-21/h2-13H,1H3,(H,25,27)(H,26,28). The van der Waals surface area contributed by atoms with Crippen LogP contribution in [0.5, 0.6) is 0 Å². The van der Waals surface area contributed by atoms with Gasteiger partial charge < -0.3 is 15.1 Å². The minimum atomic E-state index is -0.324. The molecule has 0 bridgehead atoms. The number of amides is 2. The fourth-order valence-corrected chi connectivity index (χ4v) is 3.39. The summed E-state index contributed by atoms with van der Waals surface area (Å²) in [6.07, 6.45) is 0. The third kappa shape index (κ3) is 4.22. The zero-order valence-electron chi connectivity index (χ0n) is 15.5. The van der Waals surface area contributed by atoms with Crippen molar-refractivity contribution in [1.82, 2.24) is 0 Å². The predicted molar refractivity (Wildman–Crippen MR) is 117 cm³/mol. The van der Waals surface area contributed by atoms with Crippen molar-refractivity contribution in [1.29, 1.82) is 0 Å². The van der Waals surface area contributed by atoms with Crippen LogP contribution in [-0.2, 0) is 0 Å². The van der Waals surface area contributed by atoms with Gasteiger partial charge in [-0.3, -0.25) is 9.59 Å². The molecule has 2 amide bonds. The van der Waals surface area contributed by atoms with Crippen LogP contribution < -0.4 is 10.6 Å². The van der Waals surface area contributed by atoms with Crippen molar-refractivity contribution in [3.8, 4) is 0 Å². The van der Waals surface area contributed by atoms with Gasteiger partial charge in [-0.15, -0.1) is 0 Å². The number of para-hydroxylation sites is 1. The van der Waals surface area contributed by atoms with Crippen molar-refractivity contribution in [2.45, 2.75) is 6.92 Å². The second-order valence-corrected chi connectivity index (χ2v) is 7.51. The van der Waals surface area contributed by atoms with E-state index in [0.717, 1.165) is 15.4 Å². The zero-order valence-corrected chi connectivity index (χ0v) is 17.1. The molecule has 0 fully saturated rings. The number of anilines is 2. The van der Waals surface area contributed by atoms with Crippen molar-refractivity contribution < 1.29 is 14.0 Å². The molecule has 1 aromatic heterocycles. The molecule has 4 aromatic rings. The average molecular weight is 449 g/mol. The van der Waals surface area contributed by atoms with E-state index in [1.807, 2.05) is 43.3 Å². The van der Waals surface area contributed by atoms with Crippen LogP contribution >= 0.6 is 15.9 Å². The number of benzene rings is 3. The number of hydrogen-bond donors (Lipinski definition) is 2. The molecule has 0 atom stereocenters. The number of rotatable bonds is 4. The first-order valence-electron chi connectivity index (χ1n) is 8.97. The zero-order chi connectivity index (χ0) is 20.4. The maximum absolute atomic E-state index is 12.5. The van der Waals surface area contributed by atoms with Crippen LogP contribution in [0.4, 0.5) is 11.4 Å². The normalized spacial score (nSPS) is 10.7. The molecule has 0 unspecified atom stereocenters. The summed E-state index contributed by atoms with van der Waals surface area (Å²) >= 11 is 3.36. The lowest BCUT2D eigenvalue weighted by molar-refractivity contribution is 0.0996. The Morgan fingerprint density at radius 3 is 2.45 bits per heavy atom. The molecule has 5 nitrogen and oxygen atoms in total. The van der Waals surface area contributed by atoms with Crippen LogP contribution in [0.2, 0.25) is 0 Å². The highest BCUT2D eigenvalue weighted by atomic mass is 79.9. The lowest BCUT2D eigenvalue weighted by Crippen LogP contribution is -2.14. The summed E-state index contributed by atoms with van der Waals surface area (Å²) in [7, 11) is 0. The quantitative estimate of drug-likeness (QED) is 0.401. The Balaban J connectivity index is 1.48. The van der Waals surface area contributed by atoms with Gasteiger partial charge in [0.1, 0.15) is 5.58 Å². The molecule has 4 rings (SSSR count). The monoisotopic (exact) mass is 448 g/mol. The van der Waals surface area contributed by atoms with Crippen molar-refractivity contribution in [2.24, 2.45) is 0 Å². The number of nitrogens with one attached hydrogen (secondary N) is 2. The van der Waals surface area contributed by atoms with Gasteiger partial charge >= 0.3 is 0 Å². The molecule has 0 aliphatic carbocycles. The first-order valence-corrected chi connectivity index (χ1v) is 9.76. The van der Waals surface area contributed by atoms with Crippen LogP contribution in [0.3, 0.4) is 0 Å². The molecule has 0 saturated carbocycles. The lowest BCUT2D eigenvalue weighted by Gasteiger charge is -2.11. The summed E-state index contributed by atoms with van der Waals surface area (Å²) in [4.78, 5) is 24.9. The van der Waals surface area contributed by atoms with E-state index in [9.17, 15) is 9.59 Å². The summed E-state index contributed by atoms with van der Waals surface area (Å²) < 4.78 is 6.44. The Kier molecular flexibility index (Phi) is 5.18. The summed E-state index contributed by atoms with van der Waals surface area (Å²) in [6.45, 7) is 1.86. The van der Waals surface area contributed by atoms with Crippen LogP contribution in [-0.4, -0.2) is 11.8 Å². The average Bonchev–Trinajstić information content (AvgIpc) is 3.14. The molecule has 3 aromatic carbocycles. The van der Waals surface area contributed by atoms with Crippen molar-refractivity contribution in [2.75, 3.05) is 10.6 Å². The Labute approximate surface area is 175 Å². The summed E-state index contributed by atoms with van der Waals surface area (Å²) in [5.74, 6) is -0.280. The number of carbonyl (C=O) groups excluding carboxylic acids is 2. The molecule has 0 spiro atoms. The smallest absolute Gasteiger partial charge is 0.291 e. The van der Waals surface area contributed by atoms with Crippen molar-refractivity contribution in [3.05, 3.63) is 94.2 Å². The maximum Gasteiger partial charge on any atom is 0.291 e. The van der Waals surface area contributed by atoms with Crippen LogP contribution in [0.25, 0.3) is 11.0 Å². The predicted octanol–water partition coefficient (Wildman–Crippen LogP) is 6.01. The fraction of sp³-hybridized carbons (Fsp3) is 0.0435. The topological polar surface area (TPSA) is 71.3 Å². The number of hydrogen-bond acceptors (Lipinski definition) is 3. The van der Waals surface area contributed by atoms with E-state index >= 15 is 0 Å².